The third-order valence-corrected chi connectivity index (χ3v) is 5.74. The van der Waals surface area contributed by atoms with Crippen LogP contribution in [0.5, 0.6) is 5.75 Å². The molecule has 0 saturated carbocycles. The monoisotopic (exact) mass is 454 g/mol. The van der Waals surface area contributed by atoms with Crippen LogP contribution in [-0.4, -0.2) is 40.7 Å². The number of aliphatic carboxylic acids is 1. The summed E-state index contributed by atoms with van der Waals surface area (Å²) in [6, 6.07) is 5.20. The van der Waals surface area contributed by atoms with Crippen molar-refractivity contribution < 1.29 is 19.1 Å². The van der Waals surface area contributed by atoms with Gasteiger partial charge in [0.15, 0.2) is 0 Å². The van der Waals surface area contributed by atoms with E-state index in [2.05, 4.69) is 50.6 Å². The van der Waals surface area contributed by atoms with Gasteiger partial charge in [-0.3, -0.25) is 9.69 Å². The molecule has 1 aliphatic rings. The Labute approximate surface area is 197 Å². The molecule has 0 aliphatic carbocycles. The number of oxazole rings is 1. The van der Waals surface area contributed by atoms with E-state index in [-0.39, 0.29) is 5.41 Å². The summed E-state index contributed by atoms with van der Waals surface area (Å²) in [7, 11) is 0. The van der Waals surface area contributed by atoms with Crippen LogP contribution in [0.4, 0.5) is 0 Å². The molecule has 1 N–H and O–H groups in total. The maximum Gasteiger partial charge on any atom is 0.325 e. The van der Waals surface area contributed by atoms with E-state index in [0.717, 1.165) is 48.5 Å². The molecule has 6 heteroatoms. The number of hydrogen-bond acceptors (Lipinski definition) is 5. The lowest BCUT2D eigenvalue weighted by molar-refractivity contribution is -0.144. The van der Waals surface area contributed by atoms with E-state index in [0.29, 0.717) is 30.6 Å². The fourth-order valence-electron chi connectivity index (χ4n) is 4.26. The van der Waals surface area contributed by atoms with Crippen LogP contribution in [-0.2, 0) is 17.6 Å². The van der Waals surface area contributed by atoms with Crippen LogP contribution in [0.25, 0.3) is 6.08 Å². The molecule has 1 aromatic heterocycles. The van der Waals surface area contributed by atoms with Gasteiger partial charge in [0, 0.05) is 19.5 Å². The lowest BCUT2D eigenvalue weighted by Gasteiger charge is -2.38. The first kappa shape index (κ1) is 25.0. The number of fused-ring (bicyclic) bond motifs is 1. The molecule has 1 aliphatic heterocycles. The Balaban J connectivity index is 1.66. The van der Waals surface area contributed by atoms with Crippen LogP contribution in [0, 0.1) is 18.3 Å². The quantitative estimate of drug-likeness (QED) is 0.524. The normalized spacial score (nSPS) is 17.0. The number of carboxylic acids is 1. The summed E-state index contributed by atoms with van der Waals surface area (Å²) in [6.45, 7) is 14.6. The molecule has 1 atom stereocenters. The van der Waals surface area contributed by atoms with E-state index in [1.165, 1.54) is 0 Å². The van der Waals surface area contributed by atoms with E-state index < -0.39 is 12.0 Å². The van der Waals surface area contributed by atoms with Gasteiger partial charge >= 0.3 is 5.97 Å². The molecule has 0 radical (unpaired) electrons. The predicted octanol–water partition coefficient (Wildman–Crippen LogP) is 5.69. The molecule has 0 fully saturated rings. The highest BCUT2D eigenvalue weighted by molar-refractivity contribution is 5.77. The average molecular weight is 455 g/mol. The minimum absolute atomic E-state index is 0.0254. The molecule has 2 heterocycles. The van der Waals surface area contributed by atoms with Crippen molar-refractivity contribution in [2.24, 2.45) is 11.3 Å². The SMILES string of the molecule is Cc1oc(/C=C/CC(C)C)nc1CCOc1ccc2c(c1)C(C(=O)O)N(CC(C)(C)C)CC2. The Hall–Kier alpha value is -2.60. The molecule has 0 saturated heterocycles. The van der Waals surface area contributed by atoms with Gasteiger partial charge in [-0.2, -0.15) is 0 Å². The van der Waals surface area contributed by atoms with Gasteiger partial charge in [0.05, 0.1) is 12.3 Å². The number of hydrogen-bond donors (Lipinski definition) is 1. The number of carbonyl (C=O) groups is 1. The molecule has 0 bridgehead atoms. The summed E-state index contributed by atoms with van der Waals surface area (Å²) in [5, 5.41) is 9.99. The van der Waals surface area contributed by atoms with Crippen LogP contribution in [0.3, 0.4) is 0 Å². The van der Waals surface area contributed by atoms with Crippen molar-refractivity contribution in [3.8, 4) is 5.75 Å². The third-order valence-electron chi connectivity index (χ3n) is 5.74. The number of nitrogens with zero attached hydrogens (tertiary/aromatic N) is 2. The molecule has 2 aromatic rings. The standard InChI is InChI=1S/C27H38N2O4/c1-18(2)8-7-9-24-28-23(19(3)33-24)13-15-32-21-11-10-20-12-14-29(17-27(4,5)6)25(26(30)31)22(20)16-21/h7,9-11,16,18,25H,8,12-15,17H2,1-6H3,(H,30,31)/b9-7+. The average Bonchev–Trinajstić information content (AvgIpc) is 3.05. The molecule has 180 valence electrons. The number of benzene rings is 1. The van der Waals surface area contributed by atoms with Crippen molar-refractivity contribution in [2.45, 2.75) is 66.8 Å². The summed E-state index contributed by atoms with van der Waals surface area (Å²) in [6.07, 6.45) is 6.48. The van der Waals surface area contributed by atoms with Gasteiger partial charge in [-0.15, -0.1) is 0 Å². The summed E-state index contributed by atoms with van der Waals surface area (Å²) in [5.41, 5.74) is 2.84. The lowest BCUT2D eigenvalue weighted by Crippen LogP contribution is -2.43. The Morgan fingerprint density at radius 1 is 1.36 bits per heavy atom. The number of ether oxygens (including phenoxy) is 1. The Bertz CT molecular complexity index is 984. The highest BCUT2D eigenvalue weighted by Crippen LogP contribution is 2.34. The van der Waals surface area contributed by atoms with Crippen molar-refractivity contribution in [1.82, 2.24) is 9.88 Å². The van der Waals surface area contributed by atoms with Gasteiger partial charge < -0.3 is 14.3 Å². The lowest BCUT2D eigenvalue weighted by atomic mass is 9.88. The van der Waals surface area contributed by atoms with Crippen molar-refractivity contribution in [1.29, 1.82) is 0 Å². The minimum Gasteiger partial charge on any atom is -0.493 e. The van der Waals surface area contributed by atoms with Gasteiger partial charge in [-0.1, -0.05) is 46.8 Å². The van der Waals surface area contributed by atoms with E-state index in [4.69, 9.17) is 9.15 Å². The van der Waals surface area contributed by atoms with Gasteiger partial charge in [0.2, 0.25) is 5.89 Å². The zero-order valence-corrected chi connectivity index (χ0v) is 20.9. The summed E-state index contributed by atoms with van der Waals surface area (Å²) < 4.78 is 11.7. The van der Waals surface area contributed by atoms with Gasteiger partial charge in [-0.05, 0) is 60.4 Å². The molecular formula is C27H38N2O4. The number of aromatic nitrogens is 1. The molecule has 6 nitrogen and oxygen atoms in total. The summed E-state index contributed by atoms with van der Waals surface area (Å²) >= 11 is 0. The summed E-state index contributed by atoms with van der Waals surface area (Å²) in [5.74, 6) is 1.91. The van der Waals surface area contributed by atoms with Gasteiger partial charge in [0.25, 0.3) is 0 Å². The third kappa shape index (κ3) is 6.94. The topological polar surface area (TPSA) is 75.8 Å². The predicted molar refractivity (Wildman–Crippen MR) is 130 cm³/mol. The zero-order chi connectivity index (χ0) is 24.2. The molecule has 1 unspecified atom stereocenters. The molecular weight excluding hydrogens is 416 g/mol. The van der Waals surface area contributed by atoms with Gasteiger partial charge in [0.1, 0.15) is 17.6 Å². The van der Waals surface area contributed by atoms with E-state index >= 15 is 0 Å². The number of carboxylic acid groups (broad SMARTS) is 1. The van der Waals surface area contributed by atoms with Crippen LogP contribution in [0.1, 0.15) is 75.6 Å². The first-order valence-corrected chi connectivity index (χ1v) is 11.9. The van der Waals surface area contributed by atoms with Crippen molar-refractivity contribution in [3.05, 3.63) is 52.7 Å². The van der Waals surface area contributed by atoms with Crippen LogP contribution < -0.4 is 4.74 Å². The number of rotatable bonds is 9. The largest absolute Gasteiger partial charge is 0.493 e. The van der Waals surface area contributed by atoms with Crippen LogP contribution >= 0.6 is 0 Å². The molecule has 0 amide bonds. The molecule has 0 spiro atoms. The zero-order valence-electron chi connectivity index (χ0n) is 20.9. The molecule has 1 aromatic carbocycles. The number of aryl methyl sites for hydroxylation is 1. The highest BCUT2D eigenvalue weighted by Gasteiger charge is 2.35. The highest BCUT2D eigenvalue weighted by atomic mass is 16.5. The molecule has 33 heavy (non-hydrogen) atoms. The number of allylic oxidation sites excluding steroid dienone is 1. The first-order chi connectivity index (χ1) is 15.5. The Morgan fingerprint density at radius 2 is 2.12 bits per heavy atom. The maximum atomic E-state index is 12.2. The Kier molecular flexibility index (Phi) is 8.01. The fourth-order valence-corrected chi connectivity index (χ4v) is 4.26. The second kappa shape index (κ2) is 10.6. The van der Waals surface area contributed by atoms with Crippen molar-refractivity contribution in [3.63, 3.8) is 0 Å². The smallest absolute Gasteiger partial charge is 0.325 e. The minimum atomic E-state index is -0.811. The van der Waals surface area contributed by atoms with Gasteiger partial charge in [-0.25, -0.2) is 4.98 Å². The fraction of sp³-hybridized carbons (Fsp3) is 0.556. The van der Waals surface area contributed by atoms with Crippen molar-refractivity contribution in [2.75, 3.05) is 19.7 Å². The van der Waals surface area contributed by atoms with E-state index in [1.54, 1.807) is 0 Å². The summed E-state index contributed by atoms with van der Waals surface area (Å²) in [4.78, 5) is 18.8. The maximum absolute atomic E-state index is 12.2. The van der Waals surface area contributed by atoms with Crippen molar-refractivity contribution >= 4 is 12.0 Å². The van der Waals surface area contributed by atoms with E-state index in [1.807, 2.05) is 31.2 Å². The van der Waals surface area contributed by atoms with Crippen LogP contribution in [0.2, 0.25) is 0 Å². The molecule has 3 rings (SSSR count). The second-order valence-corrected chi connectivity index (χ2v) is 10.6. The van der Waals surface area contributed by atoms with Crippen LogP contribution in [0.15, 0.2) is 28.7 Å². The first-order valence-electron chi connectivity index (χ1n) is 11.9. The Morgan fingerprint density at radius 3 is 2.79 bits per heavy atom. The van der Waals surface area contributed by atoms with E-state index in [9.17, 15) is 9.90 Å². The second-order valence-electron chi connectivity index (χ2n) is 10.6.